The molecule has 2 N–H and O–H groups in total. The fourth-order valence-corrected chi connectivity index (χ4v) is 2.41. The van der Waals surface area contributed by atoms with Crippen LogP contribution in [0.5, 0.6) is 0 Å². The lowest BCUT2D eigenvalue weighted by atomic mass is 10.1. The molecule has 1 aromatic heterocycles. The fourth-order valence-electron chi connectivity index (χ4n) is 2.28. The summed E-state index contributed by atoms with van der Waals surface area (Å²) < 4.78 is 2.18. The largest absolute Gasteiger partial charge is 0.350 e. The molecule has 0 bridgehead atoms. The summed E-state index contributed by atoms with van der Waals surface area (Å²) in [7, 11) is 0. The third-order valence-corrected chi connectivity index (χ3v) is 3.82. The molecule has 1 atom stereocenters. The molecule has 1 aromatic carbocycles. The average Bonchev–Trinajstić information content (AvgIpc) is 3.12. The molecule has 0 saturated heterocycles. The minimum absolute atomic E-state index is 0.219. The summed E-state index contributed by atoms with van der Waals surface area (Å²) in [6, 6.07) is 10.3. The van der Waals surface area contributed by atoms with Crippen molar-refractivity contribution < 1.29 is 0 Å². The first-order valence-corrected chi connectivity index (χ1v) is 6.76. The number of rotatable bonds is 4. The standard InChI is InChI=1S/C15H17ClN2/c16-14-5-1-11(2-6-14)9-18-8-7-13(10-18)15(17)12-3-4-12/h1-2,5-8,10,12,15H,3-4,9,17H2. The molecule has 1 saturated carbocycles. The number of benzene rings is 1. The van der Waals surface area contributed by atoms with Crippen molar-refractivity contribution in [3.05, 3.63) is 58.9 Å². The van der Waals surface area contributed by atoms with Crippen LogP contribution < -0.4 is 5.73 Å². The summed E-state index contributed by atoms with van der Waals surface area (Å²) >= 11 is 5.88. The van der Waals surface area contributed by atoms with E-state index in [2.05, 4.69) is 35.2 Å². The van der Waals surface area contributed by atoms with Gasteiger partial charge in [-0.05, 0) is 48.1 Å². The number of aromatic nitrogens is 1. The molecule has 3 rings (SSSR count). The lowest BCUT2D eigenvalue weighted by Gasteiger charge is -2.07. The molecule has 3 heteroatoms. The van der Waals surface area contributed by atoms with Crippen LogP contribution in [-0.4, -0.2) is 4.57 Å². The van der Waals surface area contributed by atoms with Gasteiger partial charge in [0.2, 0.25) is 0 Å². The Morgan fingerprint density at radius 1 is 1.22 bits per heavy atom. The van der Waals surface area contributed by atoms with Crippen molar-refractivity contribution in [3.63, 3.8) is 0 Å². The van der Waals surface area contributed by atoms with Crippen LogP contribution in [0, 0.1) is 5.92 Å². The smallest absolute Gasteiger partial charge is 0.0470 e. The molecule has 1 aliphatic carbocycles. The maximum Gasteiger partial charge on any atom is 0.0470 e. The van der Waals surface area contributed by atoms with E-state index in [1.165, 1.54) is 24.0 Å². The molecule has 1 heterocycles. The molecule has 2 nitrogen and oxygen atoms in total. The highest BCUT2D eigenvalue weighted by Crippen LogP contribution is 2.39. The minimum atomic E-state index is 0.219. The summed E-state index contributed by atoms with van der Waals surface area (Å²) in [5, 5.41) is 0.780. The summed E-state index contributed by atoms with van der Waals surface area (Å²) in [4.78, 5) is 0. The van der Waals surface area contributed by atoms with Gasteiger partial charge in [-0.2, -0.15) is 0 Å². The minimum Gasteiger partial charge on any atom is -0.350 e. The maximum atomic E-state index is 6.20. The molecule has 1 unspecified atom stereocenters. The van der Waals surface area contributed by atoms with Gasteiger partial charge in [0.15, 0.2) is 0 Å². The fraction of sp³-hybridized carbons (Fsp3) is 0.333. The number of hydrogen-bond donors (Lipinski definition) is 1. The first-order chi connectivity index (χ1) is 8.72. The predicted molar refractivity (Wildman–Crippen MR) is 74.6 cm³/mol. The Morgan fingerprint density at radius 2 is 1.94 bits per heavy atom. The molecule has 0 spiro atoms. The van der Waals surface area contributed by atoms with Crippen LogP contribution in [0.15, 0.2) is 42.7 Å². The molecular weight excluding hydrogens is 244 g/mol. The highest BCUT2D eigenvalue weighted by molar-refractivity contribution is 6.30. The van der Waals surface area contributed by atoms with Crippen LogP contribution in [0.25, 0.3) is 0 Å². The Bertz CT molecular complexity index is 526. The molecule has 0 aliphatic heterocycles. The van der Waals surface area contributed by atoms with Crippen LogP contribution in [0.3, 0.4) is 0 Å². The Balaban J connectivity index is 1.71. The molecular formula is C15H17ClN2. The van der Waals surface area contributed by atoms with Crippen LogP contribution in [0.4, 0.5) is 0 Å². The molecule has 1 aliphatic rings. The second kappa shape index (κ2) is 4.79. The van der Waals surface area contributed by atoms with Gasteiger partial charge < -0.3 is 10.3 Å². The van der Waals surface area contributed by atoms with E-state index in [-0.39, 0.29) is 6.04 Å². The second-order valence-corrected chi connectivity index (χ2v) is 5.54. The van der Waals surface area contributed by atoms with Crippen molar-refractivity contribution in [2.24, 2.45) is 11.7 Å². The molecule has 2 aromatic rings. The van der Waals surface area contributed by atoms with Gasteiger partial charge in [0.25, 0.3) is 0 Å². The molecule has 0 amide bonds. The highest BCUT2D eigenvalue weighted by Gasteiger charge is 2.29. The van der Waals surface area contributed by atoms with E-state index in [0.717, 1.165) is 11.6 Å². The normalized spacial score (nSPS) is 16.8. The topological polar surface area (TPSA) is 30.9 Å². The van der Waals surface area contributed by atoms with E-state index in [0.29, 0.717) is 5.92 Å². The van der Waals surface area contributed by atoms with E-state index in [4.69, 9.17) is 17.3 Å². The van der Waals surface area contributed by atoms with E-state index < -0.39 is 0 Å². The Labute approximate surface area is 112 Å². The SMILES string of the molecule is NC(c1ccn(Cc2ccc(Cl)cc2)c1)C1CC1. The van der Waals surface area contributed by atoms with Gasteiger partial charge in [-0.3, -0.25) is 0 Å². The van der Waals surface area contributed by atoms with Crippen LogP contribution in [0.2, 0.25) is 5.02 Å². The molecule has 18 heavy (non-hydrogen) atoms. The van der Waals surface area contributed by atoms with Gasteiger partial charge in [0.1, 0.15) is 0 Å². The zero-order chi connectivity index (χ0) is 12.5. The summed E-state index contributed by atoms with van der Waals surface area (Å²) in [5.41, 5.74) is 8.70. The average molecular weight is 261 g/mol. The number of halogens is 1. The first-order valence-electron chi connectivity index (χ1n) is 6.38. The second-order valence-electron chi connectivity index (χ2n) is 5.11. The van der Waals surface area contributed by atoms with Crippen molar-refractivity contribution in [3.8, 4) is 0 Å². The van der Waals surface area contributed by atoms with Gasteiger partial charge in [-0.15, -0.1) is 0 Å². The Hall–Kier alpha value is -1.25. The first kappa shape index (κ1) is 11.8. The lowest BCUT2D eigenvalue weighted by molar-refractivity contribution is 0.631. The van der Waals surface area contributed by atoms with Gasteiger partial charge >= 0.3 is 0 Å². The third kappa shape index (κ3) is 2.60. The number of hydrogen-bond acceptors (Lipinski definition) is 1. The monoisotopic (exact) mass is 260 g/mol. The van der Waals surface area contributed by atoms with Gasteiger partial charge in [-0.25, -0.2) is 0 Å². The van der Waals surface area contributed by atoms with Gasteiger partial charge in [-0.1, -0.05) is 23.7 Å². The van der Waals surface area contributed by atoms with Crippen LogP contribution in [0.1, 0.15) is 30.0 Å². The zero-order valence-corrected chi connectivity index (χ0v) is 11.0. The van der Waals surface area contributed by atoms with E-state index in [1.807, 2.05) is 12.1 Å². The van der Waals surface area contributed by atoms with Crippen molar-refractivity contribution in [1.29, 1.82) is 0 Å². The third-order valence-electron chi connectivity index (χ3n) is 3.57. The number of nitrogens with two attached hydrogens (primary N) is 1. The van der Waals surface area contributed by atoms with Gasteiger partial charge in [0.05, 0.1) is 0 Å². The van der Waals surface area contributed by atoms with E-state index in [1.54, 1.807) is 0 Å². The predicted octanol–water partition coefficient (Wildman–Crippen LogP) is 3.60. The molecule has 1 fully saturated rings. The van der Waals surface area contributed by atoms with Crippen molar-refractivity contribution >= 4 is 11.6 Å². The van der Waals surface area contributed by atoms with Crippen LogP contribution >= 0.6 is 11.6 Å². The van der Waals surface area contributed by atoms with E-state index >= 15 is 0 Å². The summed E-state index contributed by atoms with van der Waals surface area (Å²) in [6.45, 7) is 0.870. The summed E-state index contributed by atoms with van der Waals surface area (Å²) in [6.07, 6.45) is 6.83. The van der Waals surface area contributed by atoms with Gasteiger partial charge in [0, 0.05) is 30.0 Å². The van der Waals surface area contributed by atoms with Crippen molar-refractivity contribution in [1.82, 2.24) is 4.57 Å². The Morgan fingerprint density at radius 3 is 2.61 bits per heavy atom. The Kier molecular flexibility index (Phi) is 3.14. The highest BCUT2D eigenvalue weighted by atomic mass is 35.5. The lowest BCUT2D eigenvalue weighted by Crippen LogP contribution is -2.11. The molecule has 0 radical (unpaired) electrons. The van der Waals surface area contributed by atoms with E-state index in [9.17, 15) is 0 Å². The maximum absolute atomic E-state index is 6.20. The van der Waals surface area contributed by atoms with Crippen LogP contribution in [-0.2, 0) is 6.54 Å². The molecule has 94 valence electrons. The van der Waals surface area contributed by atoms with Crippen molar-refractivity contribution in [2.45, 2.75) is 25.4 Å². The number of nitrogens with zero attached hydrogens (tertiary/aromatic N) is 1. The quantitative estimate of drug-likeness (QED) is 0.895. The summed E-state index contributed by atoms with van der Waals surface area (Å²) in [5.74, 6) is 0.705. The van der Waals surface area contributed by atoms with Crippen molar-refractivity contribution in [2.75, 3.05) is 0 Å². The zero-order valence-electron chi connectivity index (χ0n) is 10.2.